The van der Waals surface area contributed by atoms with Crippen LogP contribution in [-0.2, 0) is 14.6 Å². The molecule has 24 heavy (non-hydrogen) atoms. The number of aryl methyl sites for hydroxylation is 2. The van der Waals surface area contributed by atoms with Crippen molar-refractivity contribution in [3.63, 3.8) is 0 Å². The molecule has 0 bridgehead atoms. The Bertz CT molecular complexity index is 829. The van der Waals surface area contributed by atoms with Gasteiger partial charge in [0, 0.05) is 7.05 Å². The standard InChI is InChI=1S/C19H23NO3S/c1-14-10-11-18(12-15(14)2)24(22,23)13-19(21)20(4)16(3)17-8-6-5-7-9-17/h5-12,16H,13H2,1-4H3/t16-/m0/s1. The lowest BCUT2D eigenvalue weighted by Gasteiger charge is -2.25. The van der Waals surface area contributed by atoms with Gasteiger partial charge in [-0.05, 0) is 49.6 Å². The van der Waals surface area contributed by atoms with Crippen LogP contribution in [0.3, 0.4) is 0 Å². The predicted octanol–water partition coefficient (Wildman–Crippen LogP) is 3.30. The van der Waals surface area contributed by atoms with E-state index in [1.165, 1.54) is 4.90 Å². The normalized spacial score (nSPS) is 12.7. The van der Waals surface area contributed by atoms with E-state index in [4.69, 9.17) is 0 Å². The van der Waals surface area contributed by atoms with Crippen LogP contribution in [0.4, 0.5) is 0 Å². The van der Waals surface area contributed by atoms with E-state index >= 15 is 0 Å². The van der Waals surface area contributed by atoms with Crippen LogP contribution in [-0.4, -0.2) is 32.0 Å². The van der Waals surface area contributed by atoms with Crippen molar-refractivity contribution < 1.29 is 13.2 Å². The second-order valence-corrected chi connectivity index (χ2v) is 8.09. The van der Waals surface area contributed by atoms with Crippen molar-refractivity contribution in [1.82, 2.24) is 4.90 Å². The highest BCUT2D eigenvalue weighted by Gasteiger charge is 2.25. The van der Waals surface area contributed by atoms with Gasteiger partial charge in [-0.15, -0.1) is 0 Å². The van der Waals surface area contributed by atoms with Crippen LogP contribution in [0.25, 0.3) is 0 Å². The monoisotopic (exact) mass is 345 g/mol. The average Bonchev–Trinajstić information content (AvgIpc) is 2.56. The zero-order chi connectivity index (χ0) is 17.9. The molecule has 1 atom stereocenters. The topological polar surface area (TPSA) is 54.5 Å². The summed E-state index contributed by atoms with van der Waals surface area (Å²) >= 11 is 0. The quantitative estimate of drug-likeness (QED) is 0.835. The lowest BCUT2D eigenvalue weighted by Crippen LogP contribution is -2.34. The molecule has 0 radical (unpaired) electrons. The van der Waals surface area contributed by atoms with E-state index < -0.39 is 21.5 Å². The first-order chi connectivity index (χ1) is 11.2. The molecular formula is C19H23NO3S. The second-order valence-electron chi connectivity index (χ2n) is 6.10. The Labute approximate surface area is 144 Å². The van der Waals surface area contributed by atoms with Crippen LogP contribution < -0.4 is 0 Å². The van der Waals surface area contributed by atoms with Crippen LogP contribution in [0, 0.1) is 13.8 Å². The number of nitrogens with zero attached hydrogens (tertiary/aromatic N) is 1. The second kappa shape index (κ2) is 7.18. The molecular weight excluding hydrogens is 322 g/mol. The molecule has 0 N–H and O–H groups in total. The van der Waals surface area contributed by atoms with Crippen LogP contribution in [0.1, 0.15) is 29.7 Å². The molecule has 2 rings (SSSR count). The summed E-state index contributed by atoms with van der Waals surface area (Å²) in [5, 5.41) is 0. The van der Waals surface area contributed by atoms with E-state index in [9.17, 15) is 13.2 Å². The first kappa shape index (κ1) is 18.2. The highest BCUT2D eigenvalue weighted by Crippen LogP contribution is 2.20. The van der Waals surface area contributed by atoms with Gasteiger partial charge < -0.3 is 4.90 Å². The molecule has 4 nitrogen and oxygen atoms in total. The number of benzene rings is 2. The first-order valence-corrected chi connectivity index (χ1v) is 9.48. The molecule has 2 aromatic rings. The summed E-state index contributed by atoms with van der Waals surface area (Å²) in [5.41, 5.74) is 2.89. The third-order valence-electron chi connectivity index (χ3n) is 4.41. The summed E-state index contributed by atoms with van der Waals surface area (Å²) in [6, 6.07) is 14.3. The van der Waals surface area contributed by atoms with Crippen molar-refractivity contribution in [2.45, 2.75) is 31.7 Å². The van der Waals surface area contributed by atoms with E-state index in [1.807, 2.05) is 51.1 Å². The summed E-state index contributed by atoms with van der Waals surface area (Å²) in [4.78, 5) is 14.1. The van der Waals surface area contributed by atoms with Crippen LogP contribution in [0.2, 0.25) is 0 Å². The van der Waals surface area contributed by atoms with E-state index in [0.717, 1.165) is 16.7 Å². The Hall–Kier alpha value is -2.14. The summed E-state index contributed by atoms with van der Waals surface area (Å²) in [6.07, 6.45) is 0. The molecule has 0 heterocycles. The molecule has 128 valence electrons. The molecule has 1 amide bonds. The smallest absolute Gasteiger partial charge is 0.238 e. The number of carbonyl (C=O) groups is 1. The maximum Gasteiger partial charge on any atom is 0.238 e. The SMILES string of the molecule is Cc1ccc(S(=O)(=O)CC(=O)N(C)[C@@H](C)c2ccccc2)cc1C. The van der Waals surface area contributed by atoms with Gasteiger partial charge in [0.1, 0.15) is 5.75 Å². The van der Waals surface area contributed by atoms with Crippen molar-refractivity contribution >= 4 is 15.7 Å². The molecule has 0 spiro atoms. The predicted molar refractivity (Wildman–Crippen MR) is 95.6 cm³/mol. The van der Waals surface area contributed by atoms with Crippen molar-refractivity contribution in [2.24, 2.45) is 0 Å². The van der Waals surface area contributed by atoms with Gasteiger partial charge in [0.25, 0.3) is 0 Å². The Morgan fingerprint density at radius 3 is 2.25 bits per heavy atom. The number of carbonyl (C=O) groups excluding carboxylic acids is 1. The maximum absolute atomic E-state index is 12.5. The molecule has 0 aliphatic carbocycles. The Morgan fingerprint density at radius 2 is 1.67 bits per heavy atom. The van der Waals surface area contributed by atoms with Crippen LogP contribution in [0.15, 0.2) is 53.4 Å². The van der Waals surface area contributed by atoms with Gasteiger partial charge in [-0.2, -0.15) is 0 Å². The molecule has 2 aromatic carbocycles. The summed E-state index contributed by atoms with van der Waals surface area (Å²) in [6.45, 7) is 5.67. The van der Waals surface area contributed by atoms with Gasteiger partial charge >= 0.3 is 0 Å². The van der Waals surface area contributed by atoms with Gasteiger partial charge in [0.15, 0.2) is 9.84 Å². The number of amides is 1. The van der Waals surface area contributed by atoms with Crippen LogP contribution in [0.5, 0.6) is 0 Å². The average molecular weight is 345 g/mol. The number of rotatable bonds is 5. The minimum absolute atomic E-state index is 0.186. The lowest BCUT2D eigenvalue weighted by molar-refractivity contribution is -0.129. The first-order valence-electron chi connectivity index (χ1n) is 7.83. The van der Waals surface area contributed by atoms with Crippen molar-refractivity contribution in [2.75, 3.05) is 12.8 Å². The van der Waals surface area contributed by atoms with Gasteiger partial charge in [-0.1, -0.05) is 36.4 Å². The number of hydrogen-bond donors (Lipinski definition) is 0. The zero-order valence-corrected chi connectivity index (χ0v) is 15.3. The highest BCUT2D eigenvalue weighted by atomic mass is 32.2. The Balaban J connectivity index is 2.16. The molecule has 0 fully saturated rings. The maximum atomic E-state index is 12.5. The Kier molecular flexibility index (Phi) is 5.44. The number of sulfone groups is 1. The third kappa shape index (κ3) is 4.03. The minimum atomic E-state index is -3.65. The third-order valence-corrected chi connectivity index (χ3v) is 6.01. The van der Waals surface area contributed by atoms with Crippen LogP contribution >= 0.6 is 0 Å². The molecule has 0 aromatic heterocycles. The van der Waals surface area contributed by atoms with Crippen molar-refractivity contribution in [1.29, 1.82) is 0 Å². The molecule has 5 heteroatoms. The van der Waals surface area contributed by atoms with Crippen molar-refractivity contribution in [3.8, 4) is 0 Å². The lowest BCUT2D eigenvalue weighted by atomic mass is 10.1. The largest absolute Gasteiger partial charge is 0.338 e. The van der Waals surface area contributed by atoms with Crippen molar-refractivity contribution in [3.05, 3.63) is 65.2 Å². The number of hydrogen-bond acceptors (Lipinski definition) is 3. The van der Waals surface area contributed by atoms with E-state index in [2.05, 4.69) is 0 Å². The highest BCUT2D eigenvalue weighted by molar-refractivity contribution is 7.92. The van der Waals surface area contributed by atoms with Gasteiger partial charge in [-0.3, -0.25) is 4.79 Å². The Morgan fingerprint density at radius 1 is 1.04 bits per heavy atom. The molecule has 0 saturated carbocycles. The fourth-order valence-corrected chi connectivity index (χ4v) is 3.75. The fraction of sp³-hybridized carbons (Fsp3) is 0.316. The molecule has 0 aliphatic heterocycles. The zero-order valence-electron chi connectivity index (χ0n) is 14.5. The van der Waals surface area contributed by atoms with E-state index in [-0.39, 0.29) is 10.9 Å². The van der Waals surface area contributed by atoms with E-state index in [0.29, 0.717) is 0 Å². The summed E-state index contributed by atoms with van der Waals surface area (Å²) in [7, 11) is -2.02. The van der Waals surface area contributed by atoms with Gasteiger partial charge in [0.05, 0.1) is 10.9 Å². The van der Waals surface area contributed by atoms with Gasteiger partial charge in [-0.25, -0.2) is 8.42 Å². The molecule has 0 saturated heterocycles. The van der Waals surface area contributed by atoms with E-state index in [1.54, 1.807) is 25.2 Å². The molecule has 0 aliphatic rings. The fourth-order valence-electron chi connectivity index (χ4n) is 2.43. The minimum Gasteiger partial charge on any atom is -0.338 e. The van der Waals surface area contributed by atoms with Gasteiger partial charge in [0.2, 0.25) is 5.91 Å². The molecule has 0 unspecified atom stereocenters. The summed E-state index contributed by atoms with van der Waals surface area (Å²) < 4.78 is 25.0. The summed E-state index contributed by atoms with van der Waals surface area (Å²) in [5.74, 6) is -0.937.